The maximum absolute atomic E-state index is 12.7. The van der Waals surface area contributed by atoms with Crippen LogP contribution in [0.25, 0.3) is 0 Å². The minimum absolute atomic E-state index is 0.0371. The van der Waals surface area contributed by atoms with E-state index in [2.05, 4.69) is 27.2 Å². The first-order chi connectivity index (χ1) is 14.4. The molecule has 0 aliphatic carbocycles. The molecule has 3 rings (SSSR count). The van der Waals surface area contributed by atoms with Crippen LogP contribution in [0.2, 0.25) is 0 Å². The van der Waals surface area contributed by atoms with E-state index in [9.17, 15) is 13.2 Å². The Labute approximate surface area is 180 Å². The largest absolute Gasteiger partial charge is 0.296 e. The van der Waals surface area contributed by atoms with Gasteiger partial charge in [-0.2, -0.15) is 0 Å². The summed E-state index contributed by atoms with van der Waals surface area (Å²) in [5, 5.41) is 12.1. The zero-order valence-corrected chi connectivity index (χ0v) is 18.5. The summed E-state index contributed by atoms with van der Waals surface area (Å²) in [6.07, 6.45) is 2.89. The van der Waals surface area contributed by atoms with Crippen LogP contribution in [0, 0.1) is 6.92 Å². The molecule has 0 radical (unpaired) electrons. The number of rotatable bonds is 9. The standard InChI is InChI=1S/C21H24N4O3S2/c1-3-4-10-19-24-25-21(29-19)23-20(26)18-13-17(12-11-15(18)2)30(27,28)22-14-16-8-6-5-7-9-16/h5-9,11-13,22H,3-4,10,14H2,1-2H3,(H,23,25,26). The number of carbonyl (C=O) groups is 1. The van der Waals surface area contributed by atoms with E-state index in [1.165, 1.54) is 23.5 Å². The number of aromatic nitrogens is 2. The highest BCUT2D eigenvalue weighted by Crippen LogP contribution is 2.21. The first-order valence-corrected chi connectivity index (χ1v) is 12.0. The summed E-state index contributed by atoms with van der Waals surface area (Å²) in [4.78, 5) is 12.8. The zero-order valence-electron chi connectivity index (χ0n) is 16.9. The van der Waals surface area contributed by atoms with E-state index in [1.54, 1.807) is 13.0 Å². The van der Waals surface area contributed by atoms with Gasteiger partial charge in [-0.25, -0.2) is 13.1 Å². The Balaban J connectivity index is 1.73. The van der Waals surface area contributed by atoms with Crippen LogP contribution in [-0.2, 0) is 23.0 Å². The molecule has 0 saturated carbocycles. The lowest BCUT2D eigenvalue weighted by Crippen LogP contribution is -2.24. The monoisotopic (exact) mass is 444 g/mol. The molecule has 2 N–H and O–H groups in total. The highest BCUT2D eigenvalue weighted by Gasteiger charge is 2.19. The number of aryl methyl sites for hydroxylation is 2. The van der Waals surface area contributed by atoms with Crippen LogP contribution < -0.4 is 10.0 Å². The van der Waals surface area contributed by atoms with E-state index >= 15 is 0 Å². The van der Waals surface area contributed by atoms with Gasteiger partial charge in [-0.3, -0.25) is 10.1 Å². The Bertz CT molecular complexity index is 1110. The fourth-order valence-corrected chi connectivity index (χ4v) is 4.59. The molecule has 0 saturated heterocycles. The maximum Gasteiger partial charge on any atom is 0.257 e. The Morgan fingerprint density at radius 2 is 1.87 bits per heavy atom. The molecule has 0 atom stereocenters. The third-order valence-corrected chi connectivity index (χ3v) is 6.80. The summed E-state index contributed by atoms with van der Waals surface area (Å²) in [7, 11) is -3.77. The van der Waals surface area contributed by atoms with Crippen molar-refractivity contribution >= 4 is 32.4 Å². The first kappa shape index (κ1) is 22.1. The molecule has 3 aromatic rings. The van der Waals surface area contributed by atoms with Crippen molar-refractivity contribution in [2.24, 2.45) is 0 Å². The van der Waals surface area contributed by atoms with Crippen molar-refractivity contribution in [3.8, 4) is 0 Å². The molecule has 0 aliphatic heterocycles. The van der Waals surface area contributed by atoms with Crippen molar-refractivity contribution in [2.75, 3.05) is 5.32 Å². The van der Waals surface area contributed by atoms with Crippen molar-refractivity contribution in [1.82, 2.24) is 14.9 Å². The molecule has 0 unspecified atom stereocenters. The normalized spacial score (nSPS) is 11.4. The van der Waals surface area contributed by atoms with Gasteiger partial charge in [0.15, 0.2) is 0 Å². The predicted octanol–water partition coefficient (Wildman–Crippen LogP) is 3.92. The van der Waals surface area contributed by atoms with Gasteiger partial charge < -0.3 is 0 Å². The quantitative estimate of drug-likeness (QED) is 0.521. The van der Waals surface area contributed by atoms with Crippen molar-refractivity contribution in [1.29, 1.82) is 0 Å². The fraction of sp³-hybridized carbons (Fsp3) is 0.286. The lowest BCUT2D eigenvalue weighted by atomic mass is 10.1. The molecule has 30 heavy (non-hydrogen) atoms. The average molecular weight is 445 g/mol. The van der Waals surface area contributed by atoms with Gasteiger partial charge in [0.1, 0.15) is 5.01 Å². The van der Waals surface area contributed by atoms with Gasteiger partial charge >= 0.3 is 0 Å². The highest BCUT2D eigenvalue weighted by molar-refractivity contribution is 7.89. The molecule has 0 aliphatic rings. The van der Waals surface area contributed by atoms with Gasteiger partial charge in [0.25, 0.3) is 5.91 Å². The molecule has 9 heteroatoms. The Hall–Kier alpha value is -2.62. The van der Waals surface area contributed by atoms with E-state index in [0.29, 0.717) is 10.7 Å². The maximum atomic E-state index is 12.7. The summed E-state index contributed by atoms with van der Waals surface area (Å²) in [5.41, 5.74) is 1.80. The minimum Gasteiger partial charge on any atom is -0.296 e. The minimum atomic E-state index is -3.77. The molecular formula is C21H24N4O3S2. The van der Waals surface area contributed by atoms with Crippen LogP contribution in [0.15, 0.2) is 53.4 Å². The van der Waals surface area contributed by atoms with Gasteiger partial charge in [-0.1, -0.05) is 61.1 Å². The smallest absolute Gasteiger partial charge is 0.257 e. The second-order valence-electron chi connectivity index (χ2n) is 6.85. The van der Waals surface area contributed by atoms with Crippen LogP contribution >= 0.6 is 11.3 Å². The molecule has 7 nitrogen and oxygen atoms in total. The van der Waals surface area contributed by atoms with Crippen LogP contribution in [0.4, 0.5) is 5.13 Å². The molecule has 1 amide bonds. The van der Waals surface area contributed by atoms with Crippen molar-refractivity contribution in [3.05, 3.63) is 70.2 Å². The number of benzene rings is 2. The summed E-state index contributed by atoms with van der Waals surface area (Å²) in [6.45, 7) is 4.03. The van der Waals surface area contributed by atoms with E-state index in [1.807, 2.05) is 30.3 Å². The molecule has 158 valence electrons. The number of nitrogens with zero attached hydrogens (tertiary/aromatic N) is 2. The average Bonchev–Trinajstić information content (AvgIpc) is 3.19. The van der Waals surface area contributed by atoms with E-state index < -0.39 is 15.9 Å². The highest BCUT2D eigenvalue weighted by atomic mass is 32.2. The van der Waals surface area contributed by atoms with Crippen LogP contribution in [0.5, 0.6) is 0 Å². The number of carbonyl (C=O) groups excluding carboxylic acids is 1. The van der Waals surface area contributed by atoms with Gasteiger partial charge in [-0.05, 0) is 36.6 Å². The number of sulfonamides is 1. The van der Waals surface area contributed by atoms with Gasteiger partial charge in [0.05, 0.1) is 4.90 Å². The van der Waals surface area contributed by atoms with Gasteiger partial charge in [0.2, 0.25) is 15.2 Å². The predicted molar refractivity (Wildman–Crippen MR) is 118 cm³/mol. The van der Waals surface area contributed by atoms with E-state index in [-0.39, 0.29) is 17.0 Å². The number of unbranched alkanes of at least 4 members (excludes halogenated alkanes) is 1. The SMILES string of the molecule is CCCCc1nnc(NC(=O)c2cc(S(=O)(=O)NCc3ccccc3)ccc2C)s1. The Morgan fingerprint density at radius 1 is 1.10 bits per heavy atom. The lowest BCUT2D eigenvalue weighted by molar-refractivity contribution is 0.102. The summed E-state index contributed by atoms with van der Waals surface area (Å²) >= 11 is 1.33. The van der Waals surface area contributed by atoms with E-state index in [0.717, 1.165) is 29.8 Å². The Kier molecular flexibility index (Phi) is 7.30. The number of anilines is 1. The molecule has 1 aromatic heterocycles. The fourth-order valence-electron chi connectivity index (χ4n) is 2.77. The van der Waals surface area contributed by atoms with Crippen LogP contribution in [0.3, 0.4) is 0 Å². The van der Waals surface area contributed by atoms with Crippen LogP contribution in [0.1, 0.15) is 46.3 Å². The second kappa shape index (κ2) is 9.92. The number of hydrogen-bond acceptors (Lipinski definition) is 6. The summed E-state index contributed by atoms with van der Waals surface area (Å²) in [5.74, 6) is -0.411. The topological polar surface area (TPSA) is 101 Å². The first-order valence-electron chi connectivity index (χ1n) is 9.67. The third kappa shape index (κ3) is 5.71. The number of hydrogen-bond donors (Lipinski definition) is 2. The van der Waals surface area contributed by atoms with Crippen molar-refractivity contribution < 1.29 is 13.2 Å². The Morgan fingerprint density at radius 3 is 2.60 bits per heavy atom. The zero-order chi connectivity index (χ0) is 21.6. The molecule has 0 fully saturated rings. The number of nitrogens with one attached hydrogen (secondary N) is 2. The van der Waals surface area contributed by atoms with Crippen molar-refractivity contribution in [3.63, 3.8) is 0 Å². The second-order valence-corrected chi connectivity index (χ2v) is 9.67. The molecule has 1 heterocycles. The summed E-state index contributed by atoms with van der Waals surface area (Å²) in [6, 6.07) is 13.7. The summed E-state index contributed by atoms with van der Waals surface area (Å²) < 4.78 is 28.0. The third-order valence-electron chi connectivity index (χ3n) is 4.50. The molecular weight excluding hydrogens is 420 g/mol. The lowest BCUT2D eigenvalue weighted by Gasteiger charge is -2.10. The number of amides is 1. The molecule has 0 spiro atoms. The van der Waals surface area contributed by atoms with Crippen molar-refractivity contribution in [2.45, 2.75) is 44.6 Å². The molecule has 2 aromatic carbocycles. The molecule has 0 bridgehead atoms. The van der Waals surface area contributed by atoms with Crippen LogP contribution in [-0.4, -0.2) is 24.5 Å². The van der Waals surface area contributed by atoms with E-state index in [4.69, 9.17) is 0 Å². The van der Waals surface area contributed by atoms with Gasteiger partial charge in [-0.15, -0.1) is 10.2 Å². The van der Waals surface area contributed by atoms with Gasteiger partial charge in [0, 0.05) is 18.5 Å².